The number of rotatable bonds is 9. The van der Waals surface area contributed by atoms with Gasteiger partial charge < -0.3 is 14.2 Å². The molecule has 0 fully saturated rings. The molecule has 6 heteroatoms. The standard InChI is InChI=1S/C26H22ClNO4/c1-30-25-17-19(16-21(18-28)20-10-12-22(27)13-11-20)9-14-24(25)32-26(29)8-5-15-31-23-6-3-2-4-7-23/h2-4,6-7,9-14,16-17H,5,8,15H2,1H3/b21-16-. The largest absolute Gasteiger partial charge is 0.494 e. The second kappa shape index (κ2) is 11.6. The monoisotopic (exact) mass is 447 g/mol. The number of esters is 1. The normalized spacial score (nSPS) is 10.8. The van der Waals surface area contributed by atoms with Crippen molar-refractivity contribution in [3.05, 3.63) is 88.9 Å². The SMILES string of the molecule is COc1cc(/C=C(/C#N)c2ccc(Cl)cc2)ccc1OC(=O)CCCOc1ccccc1. The smallest absolute Gasteiger partial charge is 0.311 e. The minimum Gasteiger partial charge on any atom is -0.494 e. The van der Waals surface area contributed by atoms with Gasteiger partial charge in [0.05, 0.1) is 25.4 Å². The summed E-state index contributed by atoms with van der Waals surface area (Å²) in [4.78, 5) is 12.2. The molecule has 0 aromatic heterocycles. The van der Waals surface area contributed by atoms with Crippen LogP contribution in [0.2, 0.25) is 5.02 Å². The van der Waals surface area contributed by atoms with Crippen LogP contribution in [0.5, 0.6) is 17.2 Å². The van der Waals surface area contributed by atoms with E-state index >= 15 is 0 Å². The molecule has 162 valence electrons. The van der Waals surface area contributed by atoms with Crippen molar-refractivity contribution in [3.63, 3.8) is 0 Å². The maximum Gasteiger partial charge on any atom is 0.311 e. The Kier molecular flexibility index (Phi) is 8.30. The fourth-order valence-corrected chi connectivity index (χ4v) is 3.06. The van der Waals surface area contributed by atoms with Gasteiger partial charge in [-0.1, -0.05) is 48.0 Å². The number of allylic oxidation sites excluding steroid dienone is 1. The number of halogens is 1. The van der Waals surface area contributed by atoms with Crippen molar-refractivity contribution in [3.8, 4) is 23.3 Å². The Morgan fingerprint density at radius 2 is 1.78 bits per heavy atom. The molecule has 0 aliphatic rings. The van der Waals surface area contributed by atoms with E-state index < -0.39 is 0 Å². The minimum absolute atomic E-state index is 0.215. The third-order valence-electron chi connectivity index (χ3n) is 4.54. The molecule has 0 unspecified atom stereocenters. The van der Waals surface area contributed by atoms with Crippen molar-refractivity contribution in [1.82, 2.24) is 0 Å². The average Bonchev–Trinajstić information content (AvgIpc) is 2.82. The predicted octanol–water partition coefficient (Wildman–Crippen LogP) is 6.18. The molecule has 0 aliphatic heterocycles. The number of carbonyl (C=O) groups excluding carboxylic acids is 1. The molecule has 0 aliphatic carbocycles. The van der Waals surface area contributed by atoms with Gasteiger partial charge in [0.1, 0.15) is 5.75 Å². The van der Waals surface area contributed by atoms with Gasteiger partial charge in [-0.15, -0.1) is 0 Å². The zero-order chi connectivity index (χ0) is 22.8. The summed E-state index contributed by atoms with van der Waals surface area (Å²) in [6.07, 6.45) is 2.48. The Labute approximate surface area is 192 Å². The zero-order valence-electron chi connectivity index (χ0n) is 17.6. The Balaban J connectivity index is 1.61. The highest BCUT2D eigenvalue weighted by Gasteiger charge is 2.11. The molecule has 3 aromatic carbocycles. The lowest BCUT2D eigenvalue weighted by atomic mass is 10.0. The molecule has 32 heavy (non-hydrogen) atoms. The summed E-state index contributed by atoms with van der Waals surface area (Å²) in [5, 5.41) is 10.1. The molecular weight excluding hydrogens is 426 g/mol. The van der Waals surface area contributed by atoms with Gasteiger partial charge in [-0.25, -0.2) is 0 Å². The molecule has 0 bridgehead atoms. The number of carbonyl (C=O) groups is 1. The van der Waals surface area contributed by atoms with Crippen molar-refractivity contribution < 1.29 is 19.0 Å². The molecule has 3 rings (SSSR count). The van der Waals surface area contributed by atoms with E-state index in [2.05, 4.69) is 6.07 Å². The lowest BCUT2D eigenvalue weighted by Crippen LogP contribution is -2.10. The van der Waals surface area contributed by atoms with Crippen LogP contribution in [-0.2, 0) is 4.79 Å². The van der Waals surface area contributed by atoms with E-state index in [4.69, 9.17) is 25.8 Å². The minimum atomic E-state index is -0.373. The number of nitrogens with zero attached hydrogens (tertiary/aromatic N) is 1. The molecule has 0 N–H and O–H groups in total. The van der Waals surface area contributed by atoms with Gasteiger partial charge in [-0.3, -0.25) is 4.79 Å². The number of para-hydroxylation sites is 1. The van der Waals surface area contributed by atoms with E-state index in [0.29, 0.717) is 35.1 Å². The first-order chi connectivity index (χ1) is 15.6. The molecular formula is C26H22ClNO4. The number of hydrogen-bond acceptors (Lipinski definition) is 5. The van der Waals surface area contributed by atoms with Gasteiger partial charge >= 0.3 is 5.97 Å². The van der Waals surface area contributed by atoms with Crippen LogP contribution in [0, 0.1) is 11.3 Å². The predicted molar refractivity (Wildman–Crippen MR) is 125 cm³/mol. The number of benzene rings is 3. The quantitative estimate of drug-likeness (QED) is 0.129. The van der Waals surface area contributed by atoms with Crippen LogP contribution in [0.1, 0.15) is 24.0 Å². The molecule has 0 atom stereocenters. The Morgan fingerprint density at radius 1 is 1.03 bits per heavy atom. The van der Waals surface area contributed by atoms with Crippen LogP contribution in [0.25, 0.3) is 11.6 Å². The zero-order valence-corrected chi connectivity index (χ0v) is 18.3. The summed E-state index contributed by atoms with van der Waals surface area (Å²) in [6, 6.07) is 23.8. The number of methoxy groups -OCH3 is 1. The third kappa shape index (κ3) is 6.63. The van der Waals surface area contributed by atoms with Gasteiger partial charge in [-0.05, 0) is 60.0 Å². The number of nitriles is 1. The lowest BCUT2D eigenvalue weighted by Gasteiger charge is -2.11. The second-order valence-electron chi connectivity index (χ2n) is 6.83. The Bertz CT molecular complexity index is 1120. The van der Waals surface area contributed by atoms with Crippen LogP contribution in [0.3, 0.4) is 0 Å². The first kappa shape index (κ1) is 22.9. The van der Waals surface area contributed by atoms with Crippen LogP contribution in [0.15, 0.2) is 72.8 Å². The van der Waals surface area contributed by atoms with Gasteiger partial charge in [0.25, 0.3) is 0 Å². The van der Waals surface area contributed by atoms with Gasteiger partial charge in [0, 0.05) is 11.4 Å². The average molecular weight is 448 g/mol. The molecule has 0 radical (unpaired) electrons. The molecule has 5 nitrogen and oxygen atoms in total. The first-order valence-corrected chi connectivity index (χ1v) is 10.4. The second-order valence-corrected chi connectivity index (χ2v) is 7.26. The van der Waals surface area contributed by atoms with E-state index in [1.165, 1.54) is 7.11 Å². The Hall–Kier alpha value is -3.75. The van der Waals surface area contributed by atoms with Gasteiger partial charge in [-0.2, -0.15) is 5.26 Å². The maximum absolute atomic E-state index is 12.2. The highest BCUT2D eigenvalue weighted by Crippen LogP contribution is 2.30. The first-order valence-electron chi connectivity index (χ1n) is 10.0. The molecule has 3 aromatic rings. The molecule has 0 saturated carbocycles. The van der Waals surface area contributed by atoms with E-state index in [9.17, 15) is 10.1 Å². The molecule has 0 heterocycles. The number of ether oxygens (including phenoxy) is 3. The van der Waals surface area contributed by atoms with E-state index in [1.807, 2.05) is 30.3 Å². The molecule has 0 saturated heterocycles. The fourth-order valence-electron chi connectivity index (χ4n) is 2.93. The number of hydrogen-bond donors (Lipinski definition) is 0. The third-order valence-corrected chi connectivity index (χ3v) is 4.79. The maximum atomic E-state index is 12.2. The molecule has 0 spiro atoms. The van der Waals surface area contributed by atoms with Gasteiger partial charge in [0.2, 0.25) is 0 Å². The van der Waals surface area contributed by atoms with E-state index in [0.717, 1.165) is 16.9 Å². The van der Waals surface area contributed by atoms with E-state index in [-0.39, 0.29) is 12.4 Å². The highest BCUT2D eigenvalue weighted by molar-refractivity contribution is 6.30. The topological polar surface area (TPSA) is 68.5 Å². The fraction of sp³-hybridized carbons (Fsp3) is 0.154. The summed E-state index contributed by atoms with van der Waals surface area (Å²) < 4.78 is 16.4. The summed E-state index contributed by atoms with van der Waals surface area (Å²) in [6.45, 7) is 0.418. The summed E-state index contributed by atoms with van der Waals surface area (Å²) in [7, 11) is 1.50. The van der Waals surface area contributed by atoms with Crippen molar-refractivity contribution in [2.75, 3.05) is 13.7 Å². The summed E-state index contributed by atoms with van der Waals surface area (Å²) in [5.74, 6) is 1.12. The molecule has 0 amide bonds. The van der Waals surface area contributed by atoms with Crippen LogP contribution < -0.4 is 14.2 Å². The van der Waals surface area contributed by atoms with Gasteiger partial charge in [0.15, 0.2) is 11.5 Å². The van der Waals surface area contributed by atoms with Crippen molar-refractivity contribution in [2.24, 2.45) is 0 Å². The Morgan fingerprint density at radius 3 is 2.47 bits per heavy atom. The van der Waals surface area contributed by atoms with Crippen LogP contribution >= 0.6 is 11.6 Å². The van der Waals surface area contributed by atoms with Crippen LogP contribution in [-0.4, -0.2) is 19.7 Å². The van der Waals surface area contributed by atoms with Crippen molar-refractivity contribution in [1.29, 1.82) is 5.26 Å². The van der Waals surface area contributed by atoms with Crippen molar-refractivity contribution in [2.45, 2.75) is 12.8 Å². The summed E-state index contributed by atoms with van der Waals surface area (Å²) in [5.41, 5.74) is 1.97. The van der Waals surface area contributed by atoms with E-state index in [1.54, 1.807) is 48.5 Å². The lowest BCUT2D eigenvalue weighted by molar-refractivity contribution is -0.134. The van der Waals surface area contributed by atoms with Crippen molar-refractivity contribution >= 4 is 29.2 Å². The summed E-state index contributed by atoms with van der Waals surface area (Å²) >= 11 is 5.92. The van der Waals surface area contributed by atoms with Crippen LogP contribution in [0.4, 0.5) is 0 Å². The highest BCUT2D eigenvalue weighted by atomic mass is 35.5.